The molecule has 0 radical (unpaired) electrons. The molecule has 8 heteroatoms. The Kier molecular flexibility index (Phi) is 5.96. The molecule has 3 aromatic carbocycles. The first kappa shape index (κ1) is 21.6. The fraction of sp³-hybridized carbons (Fsp3) is 0.167. The lowest BCUT2D eigenvalue weighted by Crippen LogP contribution is -2.31. The first-order chi connectivity index (χ1) is 15.4. The Hall–Kier alpha value is -3.65. The predicted octanol–water partition coefficient (Wildman–Crippen LogP) is 3.26. The highest BCUT2D eigenvalue weighted by molar-refractivity contribution is 7.92. The summed E-state index contributed by atoms with van der Waals surface area (Å²) in [7, 11) is -2.25. The van der Waals surface area contributed by atoms with Crippen molar-refractivity contribution in [2.45, 2.75) is 11.3 Å². The number of nitrogens with zero attached hydrogens (tertiary/aromatic N) is 2. The summed E-state index contributed by atoms with van der Waals surface area (Å²) in [6.07, 6.45) is 0.633. The van der Waals surface area contributed by atoms with E-state index in [1.807, 2.05) is 18.2 Å². The SMILES string of the molecule is CN(C(=O)COC(=O)c1cccc(S(=O)(=O)N2CCc3ccccc32)c1)c1ccccc1. The molecule has 0 fully saturated rings. The van der Waals surface area contributed by atoms with Gasteiger partial charge in [-0.15, -0.1) is 0 Å². The lowest BCUT2D eigenvalue weighted by Gasteiger charge is -2.20. The zero-order chi connectivity index (χ0) is 22.7. The minimum Gasteiger partial charge on any atom is -0.452 e. The molecule has 1 amide bonds. The molecule has 0 unspecified atom stereocenters. The molecule has 0 saturated heterocycles. The summed E-state index contributed by atoms with van der Waals surface area (Å²) in [6.45, 7) is -0.114. The molecule has 164 valence electrons. The van der Waals surface area contributed by atoms with Gasteiger partial charge in [-0.1, -0.05) is 42.5 Å². The van der Waals surface area contributed by atoms with Gasteiger partial charge in [-0.05, 0) is 48.4 Å². The van der Waals surface area contributed by atoms with E-state index in [0.29, 0.717) is 24.3 Å². The Balaban J connectivity index is 1.47. The van der Waals surface area contributed by atoms with E-state index in [4.69, 9.17) is 4.74 Å². The van der Waals surface area contributed by atoms with Crippen molar-refractivity contribution >= 4 is 33.3 Å². The smallest absolute Gasteiger partial charge is 0.338 e. The number of likely N-dealkylation sites (N-methyl/N-ethyl adjacent to an activating group) is 1. The van der Waals surface area contributed by atoms with Gasteiger partial charge in [-0.2, -0.15) is 0 Å². The number of amides is 1. The van der Waals surface area contributed by atoms with E-state index in [2.05, 4.69) is 0 Å². The second kappa shape index (κ2) is 8.84. The summed E-state index contributed by atoms with van der Waals surface area (Å²) in [5.41, 5.74) is 2.35. The maximum atomic E-state index is 13.2. The lowest BCUT2D eigenvalue weighted by atomic mass is 10.2. The van der Waals surface area contributed by atoms with Gasteiger partial charge in [0.15, 0.2) is 6.61 Å². The number of fused-ring (bicyclic) bond motifs is 1. The Labute approximate surface area is 186 Å². The first-order valence-corrected chi connectivity index (χ1v) is 11.5. The van der Waals surface area contributed by atoms with Gasteiger partial charge in [0, 0.05) is 19.3 Å². The molecule has 1 aliphatic heterocycles. The summed E-state index contributed by atoms with van der Waals surface area (Å²) in [4.78, 5) is 26.2. The number of benzene rings is 3. The standard InChI is InChI=1S/C24H22N2O5S/c1-25(20-10-3-2-4-11-20)23(27)17-31-24(28)19-9-7-12-21(16-19)32(29,30)26-15-14-18-8-5-6-13-22(18)26/h2-13,16H,14-15,17H2,1H3. The monoisotopic (exact) mass is 450 g/mol. The number of anilines is 2. The van der Waals surface area contributed by atoms with Crippen molar-refractivity contribution in [3.8, 4) is 0 Å². The molecule has 0 atom stereocenters. The predicted molar refractivity (Wildman–Crippen MR) is 121 cm³/mol. The summed E-state index contributed by atoms with van der Waals surface area (Å²) in [5, 5.41) is 0. The molecule has 1 heterocycles. The van der Waals surface area contributed by atoms with Gasteiger partial charge in [-0.3, -0.25) is 9.10 Å². The van der Waals surface area contributed by atoms with Crippen LogP contribution in [-0.2, 0) is 26.0 Å². The Morgan fingerprint density at radius 2 is 1.69 bits per heavy atom. The number of carbonyl (C=O) groups is 2. The fourth-order valence-electron chi connectivity index (χ4n) is 3.57. The number of esters is 1. The van der Waals surface area contributed by atoms with Gasteiger partial charge < -0.3 is 9.64 Å². The van der Waals surface area contributed by atoms with Gasteiger partial charge in [0.2, 0.25) is 0 Å². The van der Waals surface area contributed by atoms with E-state index in [0.717, 1.165) is 5.56 Å². The van der Waals surface area contributed by atoms with Crippen molar-refractivity contribution in [3.63, 3.8) is 0 Å². The van der Waals surface area contributed by atoms with Crippen LogP contribution < -0.4 is 9.21 Å². The number of para-hydroxylation sites is 2. The zero-order valence-electron chi connectivity index (χ0n) is 17.5. The molecule has 7 nitrogen and oxygen atoms in total. The van der Waals surface area contributed by atoms with Crippen LogP contribution in [0.4, 0.5) is 11.4 Å². The third-order valence-electron chi connectivity index (χ3n) is 5.35. The Bertz CT molecular complexity index is 1260. The molecule has 0 aromatic heterocycles. The molecule has 32 heavy (non-hydrogen) atoms. The Morgan fingerprint density at radius 3 is 2.47 bits per heavy atom. The van der Waals surface area contributed by atoms with Crippen molar-refractivity contribution in [2.24, 2.45) is 0 Å². The molecular formula is C24H22N2O5S. The van der Waals surface area contributed by atoms with Gasteiger partial charge in [-0.25, -0.2) is 13.2 Å². The number of hydrogen-bond donors (Lipinski definition) is 0. The average Bonchev–Trinajstić information content (AvgIpc) is 3.27. The van der Waals surface area contributed by atoms with E-state index < -0.39 is 28.5 Å². The van der Waals surface area contributed by atoms with E-state index in [9.17, 15) is 18.0 Å². The van der Waals surface area contributed by atoms with Crippen LogP contribution in [0.25, 0.3) is 0 Å². The number of sulfonamides is 1. The first-order valence-electron chi connectivity index (χ1n) is 10.1. The molecule has 0 spiro atoms. The quantitative estimate of drug-likeness (QED) is 0.539. The maximum absolute atomic E-state index is 13.2. The molecule has 0 bridgehead atoms. The highest BCUT2D eigenvalue weighted by Gasteiger charge is 2.31. The molecule has 1 aliphatic rings. The lowest BCUT2D eigenvalue weighted by molar-refractivity contribution is -0.121. The fourth-order valence-corrected chi connectivity index (χ4v) is 5.12. The summed E-state index contributed by atoms with van der Waals surface area (Å²) in [6, 6.07) is 22.0. The molecule has 3 aromatic rings. The zero-order valence-corrected chi connectivity index (χ0v) is 18.3. The highest BCUT2D eigenvalue weighted by Crippen LogP contribution is 2.32. The van der Waals surface area contributed by atoms with Gasteiger partial charge in [0.05, 0.1) is 16.1 Å². The van der Waals surface area contributed by atoms with Crippen LogP contribution in [0.2, 0.25) is 0 Å². The van der Waals surface area contributed by atoms with Crippen molar-refractivity contribution < 1.29 is 22.7 Å². The highest BCUT2D eigenvalue weighted by atomic mass is 32.2. The summed E-state index contributed by atoms with van der Waals surface area (Å²) < 4.78 is 32.9. The van der Waals surface area contributed by atoms with E-state index >= 15 is 0 Å². The number of carbonyl (C=O) groups excluding carboxylic acids is 2. The third kappa shape index (κ3) is 4.22. The summed E-state index contributed by atoms with van der Waals surface area (Å²) >= 11 is 0. The topological polar surface area (TPSA) is 84.0 Å². The summed E-state index contributed by atoms with van der Waals surface area (Å²) in [5.74, 6) is -1.17. The van der Waals surface area contributed by atoms with Crippen LogP contribution in [0, 0.1) is 0 Å². The van der Waals surface area contributed by atoms with Crippen molar-refractivity contribution in [1.29, 1.82) is 0 Å². The second-order valence-corrected chi connectivity index (χ2v) is 9.21. The largest absolute Gasteiger partial charge is 0.452 e. The molecule has 4 rings (SSSR count). The van der Waals surface area contributed by atoms with Crippen molar-refractivity contribution in [3.05, 3.63) is 90.0 Å². The molecular weight excluding hydrogens is 428 g/mol. The van der Waals surface area contributed by atoms with Crippen LogP contribution in [-0.4, -0.2) is 40.5 Å². The van der Waals surface area contributed by atoms with Crippen LogP contribution in [0.15, 0.2) is 83.8 Å². The van der Waals surface area contributed by atoms with Gasteiger partial charge >= 0.3 is 5.97 Å². The number of hydrogen-bond acceptors (Lipinski definition) is 5. The van der Waals surface area contributed by atoms with E-state index in [-0.39, 0.29) is 10.5 Å². The van der Waals surface area contributed by atoms with Crippen LogP contribution >= 0.6 is 0 Å². The van der Waals surface area contributed by atoms with Crippen LogP contribution in [0.5, 0.6) is 0 Å². The van der Waals surface area contributed by atoms with Gasteiger partial charge in [0.25, 0.3) is 15.9 Å². The van der Waals surface area contributed by atoms with Crippen LogP contribution in [0.1, 0.15) is 15.9 Å². The third-order valence-corrected chi connectivity index (χ3v) is 7.16. The molecule has 0 N–H and O–H groups in total. The van der Waals surface area contributed by atoms with E-state index in [1.54, 1.807) is 43.4 Å². The van der Waals surface area contributed by atoms with Gasteiger partial charge in [0.1, 0.15) is 0 Å². The number of rotatable bonds is 6. The molecule has 0 aliphatic carbocycles. The Morgan fingerprint density at radius 1 is 0.969 bits per heavy atom. The second-order valence-electron chi connectivity index (χ2n) is 7.35. The molecule has 0 saturated carbocycles. The average molecular weight is 451 g/mol. The maximum Gasteiger partial charge on any atom is 0.338 e. The van der Waals surface area contributed by atoms with E-state index in [1.165, 1.54) is 33.5 Å². The van der Waals surface area contributed by atoms with Crippen LogP contribution in [0.3, 0.4) is 0 Å². The number of ether oxygens (including phenoxy) is 1. The normalized spacial score (nSPS) is 12.8. The van der Waals surface area contributed by atoms with Crippen molar-refractivity contribution in [1.82, 2.24) is 0 Å². The minimum absolute atomic E-state index is 0.00335. The van der Waals surface area contributed by atoms with Crippen molar-refractivity contribution in [2.75, 3.05) is 29.4 Å². The minimum atomic E-state index is -3.84.